The maximum absolute atomic E-state index is 11.7. The molecule has 0 saturated carbocycles. The molecule has 0 aliphatic rings. The Kier molecular flexibility index (Phi) is 14.2. The van der Waals surface area contributed by atoms with Gasteiger partial charge in [0.15, 0.2) is 0 Å². The third-order valence-electron chi connectivity index (χ3n) is 3.23. The SMILES string of the molecule is C=C(C)C(=O)NC(C)(NC(=O)C(=C)C)OC(=O)C(=C)C.C=C(CC)C(=O)NOCCO. The topological polar surface area (TPSA) is 143 Å². The molecule has 174 valence electrons. The molecular formula is C21H33N3O7. The predicted molar refractivity (Wildman–Crippen MR) is 116 cm³/mol. The van der Waals surface area contributed by atoms with Gasteiger partial charge in [-0.15, -0.1) is 0 Å². The number of hydroxylamine groups is 1. The van der Waals surface area contributed by atoms with Crippen LogP contribution in [0.1, 0.15) is 41.0 Å². The summed E-state index contributed by atoms with van der Waals surface area (Å²) in [6, 6.07) is 0. The van der Waals surface area contributed by atoms with Crippen LogP contribution in [0.25, 0.3) is 0 Å². The average molecular weight is 440 g/mol. The van der Waals surface area contributed by atoms with E-state index in [0.717, 1.165) is 0 Å². The largest absolute Gasteiger partial charge is 0.417 e. The smallest absolute Gasteiger partial charge is 0.336 e. The van der Waals surface area contributed by atoms with Crippen LogP contribution in [-0.2, 0) is 28.8 Å². The third kappa shape index (κ3) is 13.6. The molecule has 3 amide bonds. The summed E-state index contributed by atoms with van der Waals surface area (Å²) < 4.78 is 5.06. The molecule has 0 aliphatic heterocycles. The van der Waals surface area contributed by atoms with Crippen molar-refractivity contribution in [3.05, 3.63) is 48.6 Å². The molecule has 4 N–H and O–H groups in total. The number of carbonyl (C=O) groups excluding carboxylic acids is 4. The highest BCUT2D eigenvalue weighted by molar-refractivity contribution is 5.96. The van der Waals surface area contributed by atoms with Gasteiger partial charge < -0.3 is 9.84 Å². The average Bonchev–Trinajstić information content (AvgIpc) is 2.67. The number of aliphatic hydroxyl groups is 1. The van der Waals surface area contributed by atoms with Crippen LogP contribution in [0.4, 0.5) is 0 Å². The normalized spacial score (nSPS) is 9.87. The quantitative estimate of drug-likeness (QED) is 0.124. The zero-order chi connectivity index (χ0) is 24.8. The summed E-state index contributed by atoms with van der Waals surface area (Å²) in [5, 5.41) is 13.0. The Bertz CT molecular complexity index is 672. The summed E-state index contributed by atoms with van der Waals surface area (Å²) in [6.07, 6.45) is 0.592. The maximum Gasteiger partial charge on any atom is 0.336 e. The van der Waals surface area contributed by atoms with Gasteiger partial charge in [0.1, 0.15) is 0 Å². The lowest BCUT2D eigenvalue weighted by Gasteiger charge is -2.31. The van der Waals surface area contributed by atoms with Gasteiger partial charge in [-0.3, -0.25) is 29.9 Å². The molecular weight excluding hydrogens is 406 g/mol. The van der Waals surface area contributed by atoms with Crippen LogP contribution >= 0.6 is 0 Å². The summed E-state index contributed by atoms with van der Waals surface area (Å²) in [5.41, 5.74) is 3.13. The van der Waals surface area contributed by atoms with Gasteiger partial charge in [-0.2, -0.15) is 0 Å². The fourth-order valence-electron chi connectivity index (χ4n) is 1.40. The molecule has 0 aromatic rings. The van der Waals surface area contributed by atoms with Crippen molar-refractivity contribution in [2.24, 2.45) is 0 Å². The van der Waals surface area contributed by atoms with Gasteiger partial charge in [0, 0.05) is 29.2 Å². The summed E-state index contributed by atoms with van der Waals surface area (Å²) in [7, 11) is 0. The Balaban J connectivity index is 0. The molecule has 0 atom stereocenters. The van der Waals surface area contributed by atoms with E-state index in [1.807, 2.05) is 6.92 Å². The zero-order valence-corrected chi connectivity index (χ0v) is 18.8. The van der Waals surface area contributed by atoms with E-state index in [4.69, 9.17) is 9.84 Å². The number of hydrogen-bond acceptors (Lipinski definition) is 7. The number of ether oxygens (including phenoxy) is 1. The molecule has 0 rings (SSSR count). The minimum Gasteiger partial charge on any atom is -0.417 e. The highest BCUT2D eigenvalue weighted by atomic mass is 16.7. The lowest BCUT2D eigenvalue weighted by Crippen LogP contribution is -2.61. The highest BCUT2D eigenvalue weighted by Gasteiger charge is 2.33. The number of esters is 1. The number of hydrogen-bond donors (Lipinski definition) is 4. The number of nitrogens with one attached hydrogen (secondary N) is 3. The Morgan fingerprint density at radius 3 is 1.65 bits per heavy atom. The Morgan fingerprint density at radius 1 is 0.871 bits per heavy atom. The summed E-state index contributed by atoms with van der Waals surface area (Å²) in [5.74, 6) is -3.94. The highest BCUT2D eigenvalue weighted by Crippen LogP contribution is 2.08. The molecule has 0 aromatic heterocycles. The predicted octanol–water partition coefficient (Wildman–Crippen LogP) is 1.16. The second-order valence-corrected chi connectivity index (χ2v) is 6.63. The van der Waals surface area contributed by atoms with Crippen LogP contribution in [0.15, 0.2) is 48.6 Å². The van der Waals surface area contributed by atoms with E-state index in [2.05, 4.69) is 47.3 Å². The third-order valence-corrected chi connectivity index (χ3v) is 3.23. The summed E-state index contributed by atoms with van der Waals surface area (Å²) in [4.78, 5) is 50.3. The summed E-state index contributed by atoms with van der Waals surface area (Å²) >= 11 is 0. The zero-order valence-electron chi connectivity index (χ0n) is 18.8. The van der Waals surface area contributed by atoms with Gasteiger partial charge in [0.25, 0.3) is 23.6 Å². The van der Waals surface area contributed by atoms with Crippen LogP contribution in [0.3, 0.4) is 0 Å². The van der Waals surface area contributed by atoms with Crippen molar-refractivity contribution < 1.29 is 33.9 Å². The van der Waals surface area contributed by atoms with Crippen molar-refractivity contribution in [3.8, 4) is 0 Å². The second-order valence-electron chi connectivity index (χ2n) is 6.63. The Labute approximate surface area is 183 Å². The van der Waals surface area contributed by atoms with Gasteiger partial charge in [-0.1, -0.05) is 33.2 Å². The number of aliphatic hydroxyl groups excluding tert-OH is 1. The van der Waals surface area contributed by atoms with E-state index in [1.54, 1.807) is 0 Å². The number of rotatable bonds is 11. The maximum atomic E-state index is 11.7. The molecule has 31 heavy (non-hydrogen) atoms. The lowest BCUT2D eigenvalue weighted by molar-refractivity contribution is -0.164. The fraction of sp³-hybridized carbons (Fsp3) is 0.429. The summed E-state index contributed by atoms with van der Waals surface area (Å²) in [6.45, 7) is 21.4. The van der Waals surface area contributed by atoms with Crippen LogP contribution in [-0.4, -0.2) is 47.9 Å². The molecule has 0 aromatic carbocycles. The molecule has 10 nitrogen and oxygen atoms in total. The van der Waals surface area contributed by atoms with Crippen LogP contribution < -0.4 is 16.1 Å². The molecule has 0 bridgehead atoms. The molecule has 0 radical (unpaired) electrons. The van der Waals surface area contributed by atoms with Crippen molar-refractivity contribution in [3.63, 3.8) is 0 Å². The second kappa shape index (κ2) is 14.7. The van der Waals surface area contributed by atoms with Crippen molar-refractivity contribution in [1.29, 1.82) is 0 Å². The number of carbonyl (C=O) groups is 4. The molecule has 0 unspecified atom stereocenters. The van der Waals surface area contributed by atoms with Gasteiger partial charge in [0.05, 0.1) is 13.2 Å². The van der Waals surface area contributed by atoms with E-state index in [-0.39, 0.29) is 35.8 Å². The van der Waals surface area contributed by atoms with Crippen LogP contribution in [0.2, 0.25) is 0 Å². The minimum absolute atomic E-state index is 0.0999. The molecule has 10 heteroatoms. The lowest BCUT2D eigenvalue weighted by atomic mass is 10.2. The number of amides is 3. The van der Waals surface area contributed by atoms with Gasteiger partial charge >= 0.3 is 5.97 Å². The van der Waals surface area contributed by atoms with Crippen molar-refractivity contribution >= 4 is 23.7 Å². The molecule has 0 fully saturated rings. The monoisotopic (exact) mass is 439 g/mol. The van der Waals surface area contributed by atoms with E-state index >= 15 is 0 Å². The first-order valence-electron chi connectivity index (χ1n) is 9.26. The van der Waals surface area contributed by atoms with E-state index < -0.39 is 23.6 Å². The van der Waals surface area contributed by atoms with Crippen molar-refractivity contribution in [2.75, 3.05) is 13.2 Å². The van der Waals surface area contributed by atoms with E-state index in [1.165, 1.54) is 27.7 Å². The van der Waals surface area contributed by atoms with Crippen molar-refractivity contribution in [2.45, 2.75) is 46.9 Å². The van der Waals surface area contributed by atoms with Gasteiger partial charge in [-0.25, -0.2) is 10.3 Å². The Hall–Kier alpha value is -3.24. The van der Waals surface area contributed by atoms with E-state index in [0.29, 0.717) is 12.0 Å². The van der Waals surface area contributed by atoms with Gasteiger partial charge in [0.2, 0.25) is 0 Å². The molecule has 0 spiro atoms. The molecule has 0 heterocycles. The van der Waals surface area contributed by atoms with E-state index in [9.17, 15) is 19.2 Å². The first-order valence-corrected chi connectivity index (χ1v) is 9.26. The first kappa shape index (κ1) is 30.0. The van der Waals surface area contributed by atoms with Crippen molar-refractivity contribution in [1.82, 2.24) is 16.1 Å². The van der Waals surface area contributed by atoms with Crippen LogP contribution in [0, 0.1) is 0 Å². The van der Waals surface area contributed by atoms with Crippen LogP contribution in [0.5, 0.6) is 0 Å². The molecule has 0 aliphatic carbocycles. The molecule has 0 saturated heterocycles. The van der Waals surface area contributed by atoms with Gasteiger partial charge in [-0.05, 0) is 27.2 Å². The standard InChI is InChI=1S/C14H20N2O4.C7H13NO3/c1-8(2)11(17)15-14(7,16-12(18)9(3)4)20-13(19)10(5)6;1-3-6(2)7(10)8-11-5-4-9/h1,3,5H2,2,4,6-7H3,(H,15,17)(H,16,18);9H,2-5H2,1H3,(H,8,10). The first-order chi connectivity index (χ1) is 14.2. The fourth-order valence-corrected chi connectivity index (χ4v) is 1.40. The minimum atomic E-state index is -1.72. The Morgan fingerprint density at radius 2 is 1.32 bits per heavy atom.